The first-order valence-corrected chi connectivity index (χ1v) is 38.0. The van der Waals surface area contributed by atoms with Crippen molar-refractivity contribution < 1.29 is 80.2 Å². The molecule has 86 heavy (non-hydrogen) atoms. The number of carbonyl (C=O) groups is 4. The van der Waals surface area contributed by atoms with E-state index < -0.39 is 97.5 Å². The fourth-order valence-corrected chi connectivity index (χ4v) is 11.6. The van der Waals surface area contributed by atoms with Gasteiger partial charge >= 0.3 is 39.5 Å². The Bertz CT molecular complexity index is 1690. The zero-order valence-corrected chi connectivity index (χ0v) is 57.4. The van der Waals surface area contributed by atoms with E-state index in [1.807, 2.05) is 0 Å². The molecule has 510 valence electrons. The van der Waals surface area contributed by atoms with Crippen LogP contribution in [0.1, 0.15) is 337 Å². The lowest BCUT2D eigenvalue weighted by atomic mass is 9.99. The van der Waals surface area contributed by atoms with E-state index in [0.717, 1.165) is 108 Å². The van der Waals surface area contributed by atoms with Crippen molar-refractivity contribution in [1.29, 1.82) is 0 Å². The van der Waals surface area contributed by atoms with Crippen LogP contribution in [0.2, 0.25) is 0 Å². The van der Waals surface area contributed by atoms with Crippen molar-refractivity contribution in [2.24, 2.45) is 11.8 Å². The van der Waals surface area contributed by atoms with Crippen LogP contribution >= 0.6 is 15.6 Å². The molecular weight excluding hydrogens is 1140 g/mol. The number of ether oxygens (including phenoxy) is 4. The molecule has 0 aromatic carbocycles. The Hall–Kier alpha value is -1.94. The predicted octanol–water partition coefficient (Wildman–Crippen LogP) is 18.8. The topological polar surface area (TPSA) is 237 Å². The number of esters is 4. The standard InChI is InChI=1S/C67H130O17P2/c1-7-10-12-14-16-18-19-22-25-33-39-45-51-66(71)83-62(55-77-64(69)49-43-37-31-17-15-13-11-8-2)57-81-85(73,74)79-53-61(68)54-80-86(75,76)82-58-63(56-78-65(70)50-44-38-32-28-27-30-36-42-48-60(6)9-3)84-67(72)52-46-40-34-26-23-20-21-24-29-35-41-47-59(4)5/h59-63,68H,7-58H2,1-6H3,(H,73,74)(H,75,76)/t60?,61-,62+,63+/m0/s1. The number of carbonyl (C=O) groups excluding carboxylic acids is 4. The first kappa shape index (κ1) is 84.1. The Morgan fingerprint density at radius 1 is 0.337 bits per heavy atom. The van der Waals surface area contributed by atoms with Gasteiger partial charge in [0, 0.05) is 25.7 Å². The molecule has 0 spiro atoms. The average Bonchev–Trinajstić information content (AvgIpc) is 3.61. The molecule has 0 aliphatic heterocycles. The molecule has 0 radical (unpaired) electrons. The van der Waals surface area contributed by atoms with Crippen molar-refractivity contribution in [1.82, 2.24) is 0 Å². The van der Waals surface area contributed by atoms with Crippen LogP contribution in [0, 0.1) is 11.8 Å². The SMILES string of the molecule is CCCCCCCCCCCCCCC(=O)O[C@H](COC(=O)CCCCCCCCCC)COP(=O)(O)OC[C@H](O)COP(=O)(O)OC[C@@H](COC(=O)CCCCCCCCCCC(C)CC)OC(=O)CCCCCCCCCCCCCC(C)C. The minimum Gasteiger partial charge on any atom is -0.462 e. The summed E-state index contributed by atoms with van der Waals surface area (Å²) in [6.07, 6.45) is 42.9. The highest BCUT2D eigenvalue weighted by Crippen LogP contribution is 2.45. The van der Waals surface area contributed by atoms with E-state index in [-0.39, 0.29) is 25.7 Å². The molecule has 0 aromatic rings. The molecule has 6 atom stereocenters. The minimum absolute atomic E-state index is 0.106. The molecule has 19 heteroatoms. The van der Waals surface area contributed by atoms with Gasteiger partial charge in [-0.3, -0.25) is 37.3 Å². The van der Waals surface area contributed by atoms with Crippen LogP contribution in [0.5, 0.6) is 0 Å². The molecule has 0 bridgehead atoms. The lowest BCUT2D eigenvalue weighted by molar-refractivity contribution is -0.161. The molecule has 0 saturated carbocycles. The summed E-state index contributed by atoms with van der Waals surface area (Å²) in [7, 11) is -9.89. The maximum absolute atomic E-state index is 13.0. The largest absolute Gasteiger partial charge is 0.472 e. The molecule has 0 aliphatic carbocycles. The van der Waals surface area contributed by atoms with E-state index >= 15 is 0 Å². The monoisotopic (exact) mass is 1270 g/mol. The van der Waals surface area contributed by atoms with E-state index in [0.29, 0.717) is 25.7 Å². The quantitative estimate of drug-likeness (QED) is 0.0222. The Morgan fingerprint density at radius 3 is 0.884 bits per heavy atom. The van der Waals surface area contributed by atoms with E-state index in [1.165, 1.54) is 148 Å². The van der Waals surface area contributed by atoms with Crippen molar-refractivity contribution in [3.05, 3.63) is 0 Å². The molecular formula is C67H130O17P2. The summed E-state index contributed by atoms with van der Waals surface area (Å²) in [6, 6.07) is 0. The second-order valence-electron chi connectivity index (χ2n) is 24.9. The number of aliphatic hydroxyl groups excluding tert-OH is 1. The van der Waals surface area contributed by atoms with Gasteiger partial charge in [0.05, 0.1) is 26.4 Å². The second kappa shape index (κ2) is 59.4. The maximum Gasteiger partial charge on any atom is 0.472 e. The summed E-state index contributed by atoms with van der Waals surface area (Å²) in [6.45, 7) is 9.50. The summed E-state index contributed by atoms with van der Waals surface area (Å²) in [4.78, 5) is 72.3. The predicted molar refractivity (Wildman–Crippen MR) is 345 cm³/mol. The number of unbranched alkanes of at least 4 members (excludes halogenated alkanes) is 35. The number of rotatable bonds is 66. The van der Waals surface area contributed by atoms with Crippen LogP contribution in [-0.2, 0) is 65.4 Å². The smallest absolute Gasteiger partial charge is 0.462 e. The lowest BCUT2D eigenvalue weighted by Gasteiger charge is -2.21. The third kappa shape index (κ3) is 59.7. The summed E-state index contributed by atoms with van der Waals surface area (Å²) in [5.74, 6) is -0.587. The van der Waals surface area contributed by atoms with Gasteiger partial charge in [0.2, 0.25) is 0 Å². The molecule has 0 aromatic heterocycles. The molecule has 0 amide bonds. The van der Waals surface area contributed by atoms with Gasteiger partial charge in [-0.25, -0.2) is 9.13 Å². The highest BCUT2D eigenvalue weighted by Gasteiger charge is 2.30. The van der Waals surface area contributed by atoms with E-state index in [1.54, 1.807) is 0 Å². The van der Waals surface area contributed by atoms with Crippen LogP contribution in [0.15, 0.2) is 0 Å². The normalized spacial score (nSPS) is 14.5. The van der Waals surface area contributed by atoms with Gasteiger partial charge in [0.15, 0.2) is 12.2 Å². The molecule has 3 N–H and O–H groups in total. The van der Waals surface area contributed by atoms with Crippen molar-refractivity contribution in [2.45, 2.75) is 355 Å². The van der Waals surface area contributed by atoms with Gasteiger partial charge in [-0.05, 0) is 37.5 Å². The molecule has 17 nitrogen and oxygen atoms in total. The fraction of sp³-hybridized carbons (Fsp3) is 0.940. The first-order valence-electron chi connectivity index (χ1n) is 35.0. The van der Waals surface area contributed by atoms with E-state index in [9.17, 15) is 43.2 Å². The van der Waals surface area contributed by atoms with Gasteiger partial charge < -0.3 is 33.8 Å². The number of phosphoric acid groups is 2. The Morgan fingerprint density at radius 2 is 0.593 bits per heavy atom. The van der Waals surface area contributed by atoms with Crippen LogP contribution in [0.25, 0.3) is 0 Å². The Labute approximate surface area is 524 Å². The highest BCUT2D eigenvalue weighted by molar-refractivity contribution is 7.47. The van der Waals surface area contributed by atoms with Gasteiger partial charge in [-0.15, -0.1) is 0 Å². The molecule has 0 heterocycles. The van der Waals surface area contributed by atoms with Gasteiger partial charge in [0.25, 0.3) is 0 Å². The van der Waals surface area contributed by atoms with Crippen LogP contribution in [0.3, 0.4) is 0 Å². The van der Waals surface area contributed by atoms with Crippen molar-refractivity contribution in [3.63, 3.8) is 0 Å². The van der Waals surface area contributed by atoms with Crippen LogP contribution in [0.4, 0.5) is 0 Å². The molecule has 0 saturated heterocycles. The number of phosphoric ester groups is 2. The summed E-state index contributed by atoms with van der Waals surface area (Å²) in [5.41, 5.74) is 0. The van der Waals surface area contributed by atoms with Crippen molar-refractivity contribution in [2.75, 3.05) is 39.6 Å². The van der Waals surface area contributed by atoms with Gasteiger partial charge in [0.1, 0.15) is 19.3 Å². The van der Waals surface area contributed by atoms with Gasteiger partial charge in [-0.1, -0.05) is 286 Å². The van der Waals surface area contributed by atoms with Crippen LogP contribution in [-0.4, -0.2) is 96.7 Å². The third-order valence-corrected chi connectivity index (χ3v) is 17.7. The second-order valence-corrected chi connectivity index (χ2v) is 27.8. The fourth-order valence-electron chi connectivity index (χ4n) is 10.0. The zero-order valence-electron chi connectivity index (χ0n) is 55.6. The van der Waals surface area contributed by atoms with E-state index in [2.05, 4.69) is 41.5 Å². The average molecular weight is 1270 g/mol. The Kier molecular flexibility index (Phi) is 58.0. The van der Waals surface area contributed by atoms with Gasteiger partial charge in [-0.2, -0.15) is 0 Å². The Balaban J connectivity index is 5.24. The van der Waals surface area contributed by atoms with Crippen molar-refractivity contribution >= 4 is 39.5 Å². The zero-order chi connectivity index (χ0) is 63.6. The number of aliphatic hydroxyl groups is 1. The molecule has 0 rings (SSSR count). The molecule has 0 fully saturated rings. The van der Waals surface area contributed by atoms with Crippen molar-refractivity contribution in [3.8, 4) is 0 Å². The highest BCUT2D eigenvalue weighted by atomic mass is 31.2. The number of hydrogen-bond acceptors (Lipinski definition) is 15. The maximum atomic E-state index is 13.0. The summed E-state index contributed by atoms with van der Waals surface area (Å²) in [5, 5.41) is 10.6. The van der Waals surface area contributed by atoms with E-state index in [4.69, 9.17) is 37.0 Å². The van der Waals surface area contributed by atoms with Crippen LogP contribution < -0.4 is 0 Å². The first-order chi connectivity index (χ1) is 41.4. The minimum atomic E-state index is -4.95. The third-order valence-electron chi connectivity index (χ3n) is 15.8. The summed E-state index contributed by atoms with van der Waals surface area (Å²) < 4.78 is 68.1. The lowest BCUT2D eigenvalue weighted by Crippen LogP contribution is -2.30. The molecule has 3 unspecified atom stereocenters. The molecule has 0 aliphatic rings. The number of hydrogen-bond donors (Lipinski definition) is 3. The summed E-state index contributed by atoms with van der Waals surface area (Å²) >= 11 is 0.